The topological polar surface area (TPSA) is 104 Å². The van der Waals surface area contributed by atoms with E-state index in [1.807, 2.05) is 13.0 Å². The number of hydrogen-bond acceptors (Lipinski definition) is 7. The normalized spacial score (nSPS) is 17.5. The van der Waals surface area contributed by atoms with E-state index in [1.54, 1.807) is 25.1 Å². The number of ether oxygens (including phenoxy) is 1. The maximum absolute atomic E-state index is 12.6. The number of likely N-dealkylation sites (tertiary alicyclic amines) is 1. The van der Waals surface area contributed by atoms with Crippen LogP contribution < -0.4 is 0 Å². The second-order valence-corrected chi connectivity index (χ2v) is 8.71. The highest BCUT2D eigenvalue weighted by Crippen LogP contribution is 2.30. The number of fused-ring (bicyclic) bond motifs is 1. The zero-order valence-corrected chi connectivity index (χ0v) is 18.4. The minimum absolute atomic E-state index is 0.0154. The predicted molar refractivity (Wildman–Crippen MR) is 117 cm³/mol. The Hall–Kier alpha value is -3.08. The van der Waals surface area contributed by atoms with Gasteiger partial charge in [0.2, 0.25) is 0 Å². The SMILES string of the molecule is Cc1nc(C(=O)CC2CCN(C[C@H](O)c3ccc4c(c3C)COC4=O)CC2)ccc1C#N. The Morgan fingerprint density at radius 3 is 2.72 bits per heavy atom. The summed E-state index contributed by atoms with van der Waals surface area (Å²) in [5, 5.41) is 19.8. The van der Waals surface area contributed by atoms with E-state index >= 15 is 0 Å². The lowest BCUT2D eigenvalue weighted by molar-refractivity contribution is 0.0534. The number of rotatable bonds is 6. The van der Waals surface area contributed by atoms with Crippen LogP contribution in [0, 0.1) is 31.1 Å². The van der Waals surface area contributed by atoms with Gasteiger partial charge >= 0.3 is 5.97 Å². The van der Waals surface area contributed by atoms with E-state index in [4.69, 9.17) is 10.00 Å². The van der Waals surface area contributed by atoms with Gasteiger partial charge in [0.05, 0.1) is 22.9 Å². The van der Waals surface area contributed by atoms with E-state index in [-0.39, 0.29) is 18.4 Å². The first kappa shape index (κ1) is 22.1. The first-order chi connectivity index (χ1) is 15.4. The van der Waals surface area contributed by atoms with Gasteiger partial charge in [0.25, 0.3) is 0 Å². The van der Waals surface area contributed by atoms with Gasteiger partial charge in [0, 0.05) is 18.5 Å². The monoisotopic (exact) mass is 433 g/mol. The molecule has 1 N–H and O–H groups in total. The number of benzene rings is 1. The number of β-amino-alcohol motifs (C(OH)–C–C–N with tert-alkyl or cyclic N) is 1. The summed E-state index contributed by atoms with van der Waals surface area (Å²) in [5.41, 5.74) is 4.72. The summed E-state index contributed by atoms with van der Waals surface area (Å²) in [4.78, 5) is 30.9. The molecule has 2 aromatic rings. The molecule has 166 valence electrons. The molecule has 3 heterocycles. The number of Topliss-reactive ketones (excluding diaryl/α,β-unsaturated/α-hetero) is 1. The van der Waals surface area contributed by atoms with Gasteiger partial charge in [-0.3, -0.25) is 4.79 Å². The smallest absolute Gasteiger partial charge is 0.338 e. The highest BCUT2D eigenvalue weighted by atomic mass is 16.5. The van der Waals surface area contributed by atoms with Crippen molar-refractivity contribution in [1.82, 2.24) is 9.88 Å². The van der Waals surface area contributed by atoms with Gasteiger partial charge < -0.3 is 14.7 Å². The number of aromatic nitrogens is 1. The molecule has 32 heavy (non-hydrogen) atoms. The summed E-state index contributed by atoms with van der Waals surface area (Å²) in [5.74, 6) is 0.00673. The number of hydrogen-bond donors (Lipinski definition) is 1. The Bertz CT molecular complexity index is 1100. The van der Waals surface area contributed by atoms with E-state index in [0.29, 0.717) is 41.4 Å². The van der Waals surface area contributed by atoms with Crippen LogP contribution in [0.4, 0.5) is 0 Å². The van der Waals surface area contributed by atoms with Gasteiger partial charge in [-0.05, 0) is 75.0 Å². The first-order valence-corrected chi connectivity index (χ1v) is 11.0. The number of aliphatic hydroxyl groups is 1. The van der Waals surface area contributed by atoms with E-state index in [1.165, 1.54) is 0 Å². The van der Waals surface area contributed by atoms with Crippen molar-refractivity contribution in [3.8, 4) is 6.07 Å². The molecule has 1 saturated heterocycles. The highest BCUT2D eigenvalue weighted by Gasteiger charge is 2.28. The first-order valence-electron chi connectivity index (χ1n) is 11.0. The Morgan fingerprint density at radius 2 is 2.03 bits per heavy atom. The van der Waals surface area contributed by atoms with Crippen LogP contribution in [0.25, 0.3) is 0 Å². The van der Waals surface area contributed by atoms with Gasteiger partial charge in [0.1, 0.15) is 18.4 Å². The molecule has 0 aliphatic carbocycles. The minimum Gasteiger partial charge on any atom is -0.457 e. The number of ketones is 1. The quantitative estimate of drug-likeness (QED) is 0.551. The van der Waals surface area contributed by atoms with Crippen molar-refractivity contribution >= 4 is 11.8 Å². The third-order valence-electron chi connectivity index (χ3n) is 6.67. The van der Waals surface area contributed by atoms with Gasteiger partial charge in [0.15, 0.2) is 5.78 Å². The summed E-state index contributed by atoms with van der Waals surface area (Å²) >= 11 is 0. The van der Waals surface area contributed by atoms with Gasteiger partial charge in [-0.25, -0.2) is 9.78 Å². The lowest BCUT2D eigenvalue weighted by atomic mass is 9.90. The molecule has 1 atom stereocenters. The number of piperidine rings is 1. The van der Waals surface area contributed by atoms with Crippen molar-refractivity contribution in [2.45, 2.75) is 45.8 Å². The molecule has 0 spiro atoms. The van der Waals surface area contributed by atoms with Crippen LogP contribution in [0.2, 0.25) is 0 Å². The lowest BCUT2D eigenvalue weighted by Gasteiger charge is -2.33. The van der Waals surface area contributed by atoms with Crippen molar-refractivity contribution in [2.75, 3.05) is 19.6 Å². The molecule has 2 aliphatic heterocycles. The standard InChI is InChI=1S/C25H27N3O4/c1-15-19(4-5-20-21(15)14-32-25(20)31)24(30)13-28-9-7-17(8-10-28)11-23(29)22-6-3-18(12-26)16(2)27-22/h3-6,17,24,30H,7-11,13-14H2,1-2H3/t24-/m0/s1. The molecule has 7 heteroatoms. The number of carbonyl (C=O) groups excluding carboxylic acids is 2. The fourth-order valence-corrected chi connectivity index (χ4v) is 4.65. The molecule has 1 aromatic carbocycles. The third kappa shape index (κ3) is 4.43. The Balaban J connectivity index is 1.31. The van der Waals surface area contributed by atoms with Crippen LogP contribution in [-0.4, -0.2) is 46.4 Å². The van der Waals surface area contributed by atoms with E-state index in [9.17, 15) is 14.7 Å². The van der Waals surface area contributed by atoms with Crippen LogP contribution in [0.15, 0.2) is 24.3 Å². The van der Waals surface area contributed by atoms with Crippen LogP contribution in [0.1, 0.15) is 74.2 Å². The van der Waals surface area contributed by atoms with Crippen LogP contribution >= 0.6 is 0 Å². The molecule has 7 nitrogen and oxygen atoms in total. The number of aliphatic hydroxyl groups excluding tert-OH is 1. The number of carbonyl (C=O) groups is 2. The average molecular weight is 434 g/mol. The molecule has 1 aromatic heterocycles. The van der Waals surface area contributed by atoms with Crippen molar-refractivity contribution in [1.29, 1.82) is 5.26 Å². The Morgan fingerprint density at radius 1 is 1.28 bits per heavy atom. The molecular weight excluding hydrogens is 406 g/mol. The number of cyclic esters (lactones) is 1. The molecule has 0 radical (unpaired) electrons. The minimum atomic E-state index is -0.639. The number of pyridine rings is 1. The van der Waals surface area contributed by atoms with Crippen LogP contribution in [-0.2, 0) is 11.3 Å². The zero-order valence-electron chi connectivity index (χ0n) is 18.4. The molecule has 0 saturated carbocycles. The zero-order chi connectivity index (χ0) is 22.8. The van der Waals surface area contributed by atoms with Crippen molar-refractivity contribution in [2.24, 2.45) is 5.92 Å². The fraction of sp³-hybridized carbons (Fsp3) is 0.440. The second kappa shape index (κ2) is 9.19. The average Bonchev–Trinajstić information content (AvgIpc) is 3.16. The number of aryl methyl sites for hydroxylation is 1. The fourth-order valence-electron chi connectivity index (χ4n) is 4.65. The number of nitriles is 1. The number of nitrogens with zero attached hydrogens (tertiary/aromatic N) is 3. The van der Waals surface area contributed by atoms with Gasteiger partial charge in [-0.2, -0.15) is 5.26 Å². The van der Waals surface area contributed by atoms with Crippen molar-refractivity contribution in [3.05, 3.63) is 63.5 Å². The van der Waals surface area contributed by atoms with Gasteiger partial charge in [-0.1, -0.05) is 6.07 Å². The molecule has 0 unspecified atom stereocenters. The van der Waals surface area contributed by atoms with Crippen LogP contribution in [0.5, 0.6) is 0 Å². The van der Waals surface area contributed by atoms with E-state index in [2.05, 4.69) is 16.0 Å². The maximum Gasteiger partial charge on any atom is 0.338 e. The van der Waals surface area contributed by atoms with E-state index in [0.717, 1.165) is 42.6 Å². The maximum atomic E-state index is 12.6. The molecule has 0 amide bonds. The third-order valence-corrected chi connectivity index (χ3v) is 6.67. The summed E-state index contributed by atoms with van der Waals surface area (Å²) in [7, 11) is 0. The largest absolute Gasteiger partial charge is 0.457 e. The summed E-state index contributed by atoms with van der Waals surface area (Å²) in [6, 6.07) is 8.93. The molecular formula is C25H27N3O4. The molecule has 4 rings (SSSR count). The van der Waals surface area contributed by atoms with Crippen molar-refractivity contribution in [3.63, 3.8) is 0 Å². The van der Waals surface area contributed by atoms with Crippen LogP contribution in [0.3, 0.4) is 0 Å². The van der Waals surface area contributed by atoms with Gasteiger partial charge in [-0.15, -0.1) is 0 Å². The predicted octanol–water partition coefficient (Wildman–Crippen LogP) is 3.26. The number of esters is 1. The van der Waals surface area contributed by atoms with Crippen molar-refractivity contribution < 1.29 is 19.4 Å². The molecule has 2 aliphatic rings. The lowest BCUT2D eigenvalue weighted by Crippen LogP contribution is -2.37. The Kier molecular flexibility index (Phi) is 6.35. The summed E-state index contributed by atoms with van der Waals surface area (Å²) in [6.45, 7) is 6.10. The molecule has 0 bridgehead atoms. The highest BCUT2D eigenvalue weighted by molar-refractivity contribution is 5.94. The molecule has 1 fully saturated rings. The Labute approximate surface area is 187 Å². The van der Waals surface area contributed by atoms with E-state index < -0.39 is 6.10 Å². The second-order valence-electron chi connectivity index (χ2n) is 8.71. The summed E-state index contributed by atoms with van der Waals surface area (Å²) < 4.78 is 5.11. The summed E-state index contributed by atoms with van der Waals surface area (Å²) in [6.07, 6.45) is 1.59.